The first-order valence-electron chi connectivity index (χ1n) is 8.41. The number of morpholine rings is 1. The highest BCUT2D eigenvalue weighted by molar-refractivity contribution is 5.27. The molecule has 5 nitrogen and oxygen atoms in total. The van der Waals surface area contributed by atoms with Crippen molar-refractivity contribution in [2.24, 2.45) is 0 Å². The summed E-state index contributed by atoms with van der Waals surface area (Å²) in [5.74, 6) is 0.875. The van der Waals surface area contributed by atoms with Crippen molar-refractivity contribution < 1.29 is 9.47 Å². The summed E-state index contributed by atoms with van der Waals surface area (Å²) in [5, 5.41) is 3.47. The van der Waals surface area contributed by atoms with E-state index in [1.54, 1.807) is 6.20 Å². The zero-order valence-electron chi connectivity index (χ0n) is 14.1. The van der Waals surface area contributed by atoms with E-state index in [1.165, 1.54) is 5.56 Å². The van der Waals surface area contributed by atoms with E-state index in [2.05, 4.69) is 34.4 Å². The van der Waals surface area contributed by atoms with E-state index in [1.807, 2.05) is 30.5 Å². The van der Waals surface area contributed by atoms with Crippen molar-refractivity contribution in [1.82, 2.24) is 15.2 Å². The summed E-state index contributed by atoms with van der Waals surface area (Å²) < 4.78 is 11.5. The van der Waals surface area contributed by atoms with Crippen molar-refractivity contribution in [3.63, 3.8) is 0 Å². The summed E-state index contributed by atoms with van der Waals surface area (Å²) in [6.45, 7) is 5.10. The third-order valence-electron chi connectivity index (χ3n) is 4.09. The smallest absolute Gasteiger partial charge is 0.119 e. The summed E-state index contributed by atoms with van der Waals surface area (Å²) >= 11 is 0. The standard InChI is InChI=1S/C19H25N3O2/c1-22-9-10-23-19(14-22)13-21-11-16-4-6-18(7-5-16)24-15-17-3-2-8-20-12-17/h2-8,12,19,21H,9-11,13-15H2,1H3/t19-/m0/s1. The lowest BCUT2D eigenvalue weighted by Crippen LogP contribution is -2.44. The Morgan fingerprint density at radius 3 is 2.88 bits per heavy atom. The Morgan fingerprint density at radius 2 is 2.12 bits per heavy atom. The average Bonchev–Trinajstić information content (AvgIpc) is 2.62. The van der Waals surface area contributed by atoms with Gasteiger partial charge in [-0.05, 0) is 30.8 Å². The van der Waals surface area contributed by atoms with Crippen LogP contribution in [0.15, 0.2) is 48.8 Å². The van der Waals surface area contributed by atoms with Gasteiger partial charge in [0.2, 0.25) is 0 Å². The Morgan fingerprint density at radius 1 is 1.25 bits per heavy atom. The molecule has 0 unspecified atom stereocenters. The Hall–Kier alpha value is -1.95. The number of hydrogen-bond acceptors (Lipinski definition) is 5. The molecule has 1 atom stereocenters. The summed E-state index contributed by atoms with van der Waals surface area (Å²) in [6.07, 6.45) is 3.87. The fourth-order valence-electron chi connectivity index (χ4n) is 2.72. The van der Waals surface area contributed by atoms with Gasteiger partial charge in [-0.25, -0.2) is 0 Å². The number of benzene rings is 1. The molecule has 1 aliphatic heterocycles. The van der Waals surface area contributed by atoms with Gasteiger partial charge in [0.25, 0.3) is 0 Å². The SMILES string of the molecule is CN1CCO[C@@H](CNCc2ccc(OCc3cccnc3)cc2)C1. The quantitative estimate of drug-likeness (QED) is 0.844. The fourth-order valence-corrected chi connectivity index (χ4v) is 2.72. The van der Waals surface area contributed by atoms with Gasteiger partial charge in [-0.3, -0.25) is 4.98 Å². The maximum atomic E-state index is 5.77. The molecule has 1 fully saturated rings. The number of ether oxygens (including phenoxy) is 2. The van der Waals surface area contributed by atoms with Crippen LogP contribution >= 0.6 is 0 Å². The van der Waals surface area contributed by atoms with Crippen LogP contribution in [0.5, 0.6) is 5.75 Å². The Kier molecular flexibility index (Phi) is 6.18. The van der Waals surface area contributed by atoms with Gasteiger partial charge in [-0.15, -0.1) is 0 Å². The fraction of sp³-hybridized carbons (Fsp3) is 0.421. The Labute approximate surface area is 143 Å². The van der Waals surface area contributed by atoms with Gasteiger partial charge >= 0.3 is 0 Å². The predicted octanol–water partition coefficient (Wildman–Crippen LogP) is 2.08. The van der Waals surface area contributed by atoms with E-state index in [4.69, 9.17) is 9.47 Å². The molecular formula is C19H25N3O2. The number of rotatable bonds is 7. The summed E-state index contributed by atoms with van der Waals surface area (Å²) in [5.41, 5.74) is 2.31. The molecular weight excluding hydrogens is 302 g/mol. The number of hydrogen-bond donors (Lipinski definition) is 1. The van der Waals surface area contributed by atoms with Crippen LogP contribution in [0.2, 0.25) is 0 Å². The number of pyridine rings is 1. The minimum atomic E-state index is 0.283. The molecule has 0 aliphatic carbocycles. The molecule has 24 heavy (non-hydrogen) atoms. The molecule has 1 aromatic carbocycles. The van der Waals surface area contributed by atoms with E-state index >= 15 is 0 Å². The molecule has 0 amide bonds. The minimum Gasteiger partial charge on any atom is -0.489 e. The Bertz CT molecular complexity index is 604. The van der Waals surface area contributed by atoms with Crippen LogP contribution in [0.25, 0.3) is 0 Å². The van der Waals surface area contributed by atoms with E-state index < -0.39 is 0 Å². The second-order valence-corrected chi connectivity index (χ2v) is 6.18. The van der Waals surface area contributed by atoms with E-state index in [-0.39, 0.29) is 6.10 Å². The highest BCUT2D eigenvalue weighted by atomic mass is 16.5. The largest absolute Gasteiger partial charge is 0.489 e. The second kappa shape index (κ2) is 8.78. The second-order valence-electron chi connectivity index (χ2n) is 6.18. The molecule has 0 bridgehead atoms. The average molecular weight is 327 g/mol. The van der Waals surface area contributed by atoms with Gasteiger partial charge in [0.15, 0.2) is 0 Å². The van der Waals surface area contributed by atoms with Crippen molar-refractivity contribution in [1.29, 1.82) is 0 Å². The number of likely N-dealkylation sites (N-methyl/N-ethyl adjacent to an activating group) is 1. The van der Waals surface area contributed by atoms with Crippen molar-refractivity contribution in [3.8, 4) is 5.75 Å². The van der Waals surface area contributed by atoms with Crippen LogP contribution < -0.4 is 10.1 Å². The maximum absolute atomic E-state index is 5.77. The van der Waals surface area contributed by atoms with Crippen LogP contribution in [0.3, 0.4) is 0 Å². The highest BCUT2D eigenvalue weighted by Gasteiger charge is 2.16. The molecule has 0 spiro atoms. The van der Waals surface area contributed by atoms with Crippen LogP contribution in [-0.2, 0) is 17.9 Å². The van der Waals surface area contributed by atoms with Crippen LogP contribution in [0.4, 0.5) is 0 Å². The van der Waals surface area contributed by atoms with Gasteiger partial charge in [0.05, 0.1) is 12.7 Å². The van der Waals surface area contributed by atoms with Gasteiger partial charge < -0.3 is 19.7 Å². The van der Waals surface area contributed by atoms with Gasteiger partial charge in [-0.1, -0.05) is 18.2 Å². The first-order valence-corrected chi connectivity index (χ1v) is 8.41. The molecule has 0 saturated carbocycles. The first-order chi connectivity index (χ1) is 11.8. The van der Waals surface area contributed by atoms with Crippen LogP contribution in [-0.4, -0.2) is 49.3 Å². The third kappa shape index (κ3) is 5.30. The van der Waals surface area contributed by atoms with Crippen molar-refractivity contribution in [2.45, 2.75) is 19.3 Å². The molecule has 3 rings (SSSR count). The monoisotopic (exact) mass is 327 g/mol. The number of nitrogens with zero attached hydrogens (tertiary/aromatic N) is 2. The molecule has 1 N–H and O–H groups in total. The Balaban J connectivity index is 1.39. The zero-order chi connectivity index (χ0) is 16.6. The van der Waals surface area contributed by atoms with Gasteiger partial charge in [-0.2, -0.15) is 0 Å². The van der Waals surface area contributed by atoms with Crippen LogP contribution in [0, 0.1) is 0 Å². The van der Waals surface area contributed by atoms with E-state index in [9.17, 15) is 0 Å². The van der Waals surface area contributed by atoms with Gasteiger partial charge in [0.1, 0.15) is 12.4 Å². The summed E-state index contributed by atoms with van der Waals surface area (Å²) in [4.78, 5) is 6.40. The maximum Gasteiger partial charge on any atom is 0.119 e. The lowest BCUT2D eigenvalue weighted by Gasteiger charge is -2.30. The minimum absolute atomic E-state index is 0.283. The predicted molar refractivity (Wildman–Crippen MR) is 94.0 cm³/mol. The lowest BCUT2D eigenvalue weighted by molar-refractivity contribution is -0.0182. The van der Waals surface area contributed by atoms with Gasteiger partial charge in [0, 0.05) is 44.1 Å². The molecule has 5 heteroatoms. The summed E-state index contributed by atoms with van der Waals surface area (Å²) in [7, 11) is 2.14. The first kappa shape index (κ1) is 16.9. The van der Waals surface area contributed by atoms with Crippen LogP contribution in [0.1, 0.15) is 11.1 Å². The topological polar surface area (TPSA) is 46.6 Å². The molecule has 128 valence electrons. The molecule has 1 saturated heterocycles. The summed E-state index contributed by atoms with van der Waals surface area (Å²) in [6, 6.07) is 12.1. The third-order valence-corrected chi connectivity index (χ3v) is 4.09. The normalized spacial score (nSPS) is 18.5. The van der Waals surface area contributed by atoms with E-state index in [0.29, 0.717) is 6.61 Å². The van der Waals surface area contributed by atoms with Crippen molar-refractivity contribution >= 4 is 0 Å². The molecule has 1 aromatic heterocycles. The molecule has 2 aromatic rings. The van der Waals surface area contributed by atoms with E-state index in [0.717, 1.165) is 44.1 Å². The van der Waals surface area contributed by atoms with Crippen molar-refractivity contribution in [3.05, 3.63) is 59.9 Å². The zero-order valence-corrected chi connectivity index (χ0v) is 14.1. The molecule has 0 radical (unpaired) electrons. The number of aromatic nitrogens is 1. The molecule has 1 aliphatic rings. The highest BCUT2D eigenvalue weighted by Crippen LogP contribution is 2.14. The lowest BCUT2D eigenvalue weighted by atomic mass is 10.2. The van der Waals surface area contributed by atoms with Crippen molar-refractivity contribution in [2.75, 3.05) is 33.3 Å². The molecule has 2 heterocycles. The number of nitrogens with one attached hydrogen (secondary N) is 1.